The summed E-state index contributed by atoms with van der Waals surface area (Å²) in [4.78, 5) is 11.3. The lowest BCUT2D eigenvalue weighted by molar-refractivity contribution is 0.0603. The molecule has 2 aromatic rings. The Morgan fingerprint density at radius 1 is 1.54 bits per heavy atom. The van der Waals surface area contributed by atoms with Crippen molar-refractivity contribution in [2.75, 3.05) is 7.11 Å². The summed E-state index contributed by atoms with van der Waals surface area (Å²) >= 11 is 1.50. The normalized spacial score (nSPS) is 10.2. The van der Waals surface area contributed by atoms with Crippen molar-refractivity contribution in [2.24, 2.45) is 0 Å². The molecule has 0 aliphatic rings. The molecule has 0 bridgehead atoms. The van der Waals surface area contributed by atoms with Crippen LogP contribution in [0.15, 0.2) is 23.6 Å². The molecule has 65 valence electrons. The van der Waals surface area contributed by atoms with E-state index in [1.807, 2.05) is 17.5 Å². The molecule has 0 unspecified atom stereocenters. The Bertz CT molecular complexity index is 445. The van der Waals surface area contributed by atoms with Gasteiger partial charge >= 0.3 is 5.97 Å². The molecule has 0 saturated heterocycles. The Kier molecular flexibility index (Phi) is 2.02. The second-order valence-corrected chi connectivity index (χ2v) is 3.43. The molecule has 13 heavy (non-hydrogen) atoms. The highest BCUT2D eigenvalue weighted by Crippen LogP contribution is 2.24. The molecule has 2 nitrogen and oxygen atoms in total. The minimum Gasteiger partial charge on any atom is -0.465 e. The zero-order chi connectivity index (χ0) is 9.26. The van der Waals surface area contributed by atoms with Gasteiger partial charge in [0, 0.05) is 16.2 Å². The number of fused-ring (bicyclic) bond motifs is 1. The molecule has 0 saturated carbocycles. The molecular weight excluding hydrogens is 184 g/mol. The molecule has 1 radical (unpaired) electrons. The molecule has 0 spiro atoms. The minimum absolute atomic E-state index is 0.290. The van der Waals surface area contributed by atoms with E-state index in [2.05, 4.69) is 10.8 Å². The number of carbonyl (C=O) groups excluding carboxylic acids is 1. The van der Waals surface area contributed by atoms with E-state index in [0.29, 0.717) is 5.56 Å². The van der Waals surface area contributed by atoms with Gasteiger partial charge in [0.05, 0.1) is 12.7 Å². The number of rotatable bonds is 1. The van der Waals surface area contributed by atoms with Crippen LogP contribution in [0.5, 0.6) is 0 Å². The number of benzene rings is 1. The zero-order valence-electron chi connectivity index (χ0n) is 7.03. The molecule has 0 atom stereocenters. The number of hydrogen-bond donors (Lipinski definition) is 0. The van der Waals surface area contributed by atoms with Gasteiger partial charge < -0.3 is 4.74 Å². The van der Waals surface area contributed by atoms with Crippen LogP contribution in [0.3, 0.4) is 0 Å². The number of carbonyl (C=O) groups is 1. The third-order valence-corrected chi connectivity index (χ3v) is 2.72. The van der Waals surface area contributed by atoms with Crippen LogP contribution in [-0.2, 0) is 4.74 Å². The Morgan fingerprint density at radius 2 is 2.38 bits per heavy atom. The lowest BCUT2D eigenvalue weighted by Gasteiger charge is -1.99. The Labute approximate surface area is 79.8 Å². The lowest BCUT2D eigenvalue weighted by atomic mass is 10.2. The Hall–Kier alpha value is -1.35. The first-order chi connectivity index (χ1) is 6.33. The van der Waals surface area contributed by atoms with Crippen molar-refractivity contribution in [3.8, 4) is 0 Å². The second-order valence-electron chi connectivity index (χ2n) is 2.55. The smallest absolute Gasteiger partial charge is 0.339 e. The van der Waals surface area contributed by atoms with Crippen LogP contribution >= 0.6 is 11.3 Å². The summed E-state index contributed by atoms with van der Waals surface area (Å²) in [5, 5.41) is 2.81. The number of hydrogen-bond acceptors (Lipinski definition) is 3. The van der Waals surface area contributed by atoms with E-state index in [1.54, 1.807) is 6.07 Å². The Morgan fingerprint density at radius 3 is 3.15 bits per heavy atom. The van der Waals surface area contributed by atoms with Gasteiger partial charge in [0.2, 0.25) is 0 Å². The first kappa shape index (κ1) is 8.26. The van der Waals surface area contributed by atoms with Gasteiger partial charge in [-0.3, -0.25) is 0 Å². The summed E-state index contributed by atoms with van der Waals surface area (Å²) < 4.78 is 5.61. The summed E-state index contributed by atoms with van der Waals surface area (Å²) in [6.07, 6.45) is 0. The highest BCUT2D eigenvalue weighted by molar-refractivity contribution is 7.17. The van der Waals surface area contributed by atoms with Gasteiger partial charge in [0.1, 0.15) is 0 Å². The maximum atomic E-state index is 11.3. The van der Waals surface area contributed by atoms with Gasteiger partial charge in [-0.05, 0) is 11.4 Å². The predicted octanol–water partition coefficient (Wildman–Crippen LogP) is 2.49. The van der Waals surface area contributed by atoms with Crippen LogP contribution in [0.25, 0.3) is 10.1 Å². The average molecular weight is 191 g/mol. The molecule has 2 rings (SSSR count). The average Bonchev–Trinajstić information content (AvgIpc) is 2.63. The van der Waals surface area contributed by atoms with E-state index >= 15 is 0 Å². The van der Waals surface area contributed by atoms with Crippen molar-refractivity contribution >= 4 is 27.4 Å². The van der Waals surface area contributed by atoms with E-state index < -0.39 is 0 Å². The number of methoxy groups -OCH3 is 1. The van der Waals surface area contributed by atoms with Crippen molar-refractivity contribution in [2.45, 2.75) is 0 Å². The van der Waals surface area contributed by atoms with Crippen LogP contribution in [0, 0.1) is 6.07 Å². The van der Waals surface area contributed by atoms with Gasteiger partial charge in [-0.15, -0.1) is 11.3 Å². The van der Waals surface area contributed by atoms with Gasteiger partial charge in [0.15, 0.2) is 0 Å². The fourth-order valence-corrected chi connectivity index (χ4v) is 2.04. The molecular formula is C10H7O2S. The quantitative estimate of drug-likeness (QED) is 0.647. The third-order valence-electron chi connectivity index (χ3n) is 1.81. The van der Waals surface area contributed by atoms with Gasteiger partial charge in [-0.1, -0.05) is 12.1 Å². The Balaban J connectivity index is 2.67. The minimum atomic E-state index is -0.290. The standard InChI is InChI=1S/C10H7O2S/c1-12-10(11)8-4-2-3-7-5-6-13-9(7)8/h2-4,6H,1H3. The number of thiophene rings is 1. The van der Waals surface area contributed by atoms with Crippen molar-refractivity contribution in [3.63, 3.8) is 0 Å². The molecule has 0 fully saturated rings. The van der Waals surface area contributed by atoms with Crippen molar-refractivity contribution < 1.29 is 9.53 Å². The van der Waals surface area contributed by atoms with Gasteiger partial charge in [-0.25, -0.2) is 4.79 Å². The molecule has 1 aromatic heterocycles. The maximum Gasteiger partial charge on any atom is 0.339 e. The second kappa shape index (κ2) is 3.18. The zero-order valence-corrected chi connectivity index (χ0v) is 7.85. The monoisotopic (exact) mass is 191 g/mol. The molecule has 0 amide bonds. The molecule has 0 aliphatic carbocycles. The summed E-state index contributed by atoms with van der Waals surface area (Å²) in [5.74, 6) is -0.290. The summed E-state index contributed by atoms with van der Waals surface area (Å²) in [7, 11) is 1.39. The topological polar surface area (TPSA) is 26.3 Å². The molecule has 0 aliphatic heterocycles. The van der Waals surface area contributed by atoms with Crippen LogP contribution in [0.2, 0.25) is 0 Å². The molecule has 1 heterocycles. The van der Waals surface area contributed by atoms with Crippen molar-refractivity contribution in [1.82, 2.24) is 0 Å². The van der Waals surface area contributed by atoms with Crippen molar-refractivity contribution in [3.05, 3.63) is 35.2 Å². The van der Waals surface area contributed by atoms with E-state index in [4.69, 9.17) is 0 Å². The maximum absolute atomic E-state index is 11.3. The van der Waals surface area contributed by atoms with Gasteiger partial charge in [0.25, 0.3) is 0 Å². The molecule has 0 N–H and O–H groups in total. The largest absolute Gasteiger partial charge is 0.465 e. The number of esters is 1. The van der Waals surface area contributed by atoms with Crippen LogP contribution in [0.1, 0.15) is 10.4 Å². The highest BCUT2D eigenvalue weighted by atomic mass is 32.1. The third kappa shape index (κ3) is 1.31. The van der Waals surface area contributed by atoms with Crippen molar-refractivity contribution in [1.29, 1.82) is 0 Å². The first-order valence-corrected chi connectivity index (χ1v) is 4.67. The highest BCUT2D eigenvalue weighted by Gasteiger charge is 2.09. The van der Waals surface area contributed by atoms with E-state index in [0.717, 1.165) is 10.1 Å². The van der Waals surface area contributed by atoms with E-state index in [9.17, 15) is 4.79 Å². The van der Waals surface area contributed by atoms with Crippen LogP contribution in [-0.4, -0.2) is 13.1 Å². The van der Waals surface area contributed by atoms with Crippen LogP contribution < -0.4 is 0 Å². The molecule has 3 heteroatoms. The van der Waals surface area contributed by atoms with E-state index in [-0.39, 0.29) is 5.97 Å². The SMILES string of the molecule is COC(=O)c1cccc2[c]csc12. The first-order valence-electron chi connectivity index (χ1n) is 3.79. The summed E-state index contributed by atoms with van der Waals surface area (Å²) in [6, 6.07) is 8.57. The lowest BCUT2D eigenvalue weighted by Crippen LogP contribution is -2.00. The fourth-order valence-electron chi connectivity index (χ4n) is 1.20. The van der Waals surface area contributed by atoms with Gasteiger partial charge in [-0.2, -0.15) is 0 Å². The van der Waals surface area contributed by atoms with Crippen LogP contribution in [0.4, 0.5) is 0 Å². The fraction of sp³-hybridized carbons (Fsp3) is 0.100. The summed E-state index contributed by atoms with van der Waals surface area (Å²) in [6.45, 7) is 0. The molecule has 1 aromatic carbocycles. The van der Waals surface area contributed by atoms with E-state index in [1.165, 1.54) is 18.4 Å². The summed E-state index contributed by atoms with van der Waals surface area (Å²) in [5.41, 5.74) is 0.617. The number of ether oxygens (including phenoxy) is 1. The predicted molar refractivity (Wildman–Crippen MR) is 52.0 cm³/mol.